The van der Waals surface area contributed by atoms with E-state index >= 15 is 0 Å². The van der Waals surface area contributed by atoms with E-state index in [-0.39, 0.29) is 17.6 Å². The first kappa shape index (κ1) is 19.3. The Hall–Kier alpha value is -2.04. The lowest BCUT2D eigenvalue weighted by atomic mass is 9.84. The Morgan fingerprint density at radius 1 is 1.21 bits per heavy atom. The van der Waals surface area contributed by atoms with Gasteiger partial charge in [-0.2, -0.15) is 0 Å². The molecule has 28 heavy (non-hydrogen) atoms. The topological polar surface area (TPSA) is 50.4 Å². The molecule has 0 bridgehead atoms. The summed E-state index contributed by atoms with van der Waals surface area (Å²) in [6.45, 7) is 2.08. The average molecular weight is 415 g/mol. The van der Waals surface area contributed by atoms with Crippen LogP contribution in [0.5, 0.6) is 5.75 Å². The molecule has 1 N–H and O–H groups in total. The third-order valence-electron chi connectivity index (χ3n) is 5.61. The van der Waals surface area contributed by atoms with Crippen molar-refractivity contribution < 1.29 is 9.52 Å². The Bertz CT molecular complexity index is 1000. The summed E-state index contributed by atoms with van der Waals surface area (Å²) in [5.74, 6) is 0.425. The smallest absolute Gasteiger partial charge is 0.343 e. The fourth-order valence-electron chi connectivity index (χ4n) is 4.00. The molecule has 0 radical (unpaired) electrons. The summed E-state index contributed by atoms with van der Waals surface area (Å²) < 4.78 is 6.19. The summed E-state index contributed by atoms with van der Waals surface area (Å²) in [7, 11) is 0. The van der Waals surface area contributed by atoms with Crippen molar-refractivity contribution >= 4 is 22.9 Å². The maximum absolute atomic E-state index is 12.7. The zero-order chi connectivity index (χ0) is 19.7. The second kappa shape index (κ2) is 8.14. The first-order valence-corrected chi connectivity index (χ1v) is 10.9. The van der Waals surface area contributed by atoms with Gasteiger partial charge in [0.05, 0.1) is 9.90 Å². The Balaban J connectivity index is 1.75. The Morgan fingerprint density at radius 3 is 2.57 bits per heavy atom. The second-order valence-corrected chi connectivity index (χ2v) is 9.28. The van der Waals surface area contributed by atoms with Crippen LogP contribution >= 0.6 is 22.9 Å². The monoisotopic (exact) mass is 414 g/mol. The van der Waals surface area contributed by atoms with Gasteiger partial charge in [0.1, 0.15) is 12.0 Å². The van der Waals surface area contributed by atoms with Crippen molar-refractivity contribution in [2.24, 2.45) is 5.92 Å². The zero-order valence-corrected chi connectivity index (χ0v) is 17.3. The van der Waals surface area contributed by atoms with Gasteiger partial charge >= 0.3 is 5.63 Å². The third kappa shape index (κ3) is 3.89. The van der Waals surface area contributed by atoms with Crippen molar-refractivity contribution in [3.8, 4) is 5.75 Å². The van der Waals surface area contributed by atoms with Gasteiger partial charge in [0.25, 0.3) is 0 Å². The molecular formula is C23H23ClO3S. The highest BCUT2D eigenvalue weighted by Crippen LogP contribution is 2.48. The fourth-order valence-corrected chi connectivity index (χ4v) is 5.16. The van der Waals surface area contributed by atoms with Crippen LogP contribution in [0.1, 0.15) is 59.6 Å². The van der Waals surface area contributed by atoms with Crippen molar-refractivity contribution in [1.29, 1.82) is 0 Å². The summed E-state index contributed by atoms with van der Waals surface area (Å²) in [5.41, 5.74) is 1.75. The van der Waals surface area contributed by atoms with E-state index in [0.717, 1.165) is 40.5 Å². The van der Waals surface area contributed by atoms with Gasteiger partial charge in [0.15, 0.2) is 0 Å². The largest absolute Gasteiger partial charge is 0.507 e. The fraction of sp³-hybridized carbons (Fsp3) is 0.348. The van der Waals surface area contributed by atoms with Gasteiger partial charge in [0, 0.05) is 16.4 Å². The third-order valence-corrected chi connectivity index (χ3v) is 6.87. The molecule has 0 saturated heterocycles. The number of rotatable bonds is 7. The van der Waals surface area contributed by atoms with Gasteiger partial charge in [-0.3, -0.25) is 0 Å². The van der Waals surface area contributed by atoms with Crippen LogP contribution in [0.4, 0.5) is 0 Å². The highest BCUT2D eigenvalue weighted by atomic mass is 35.5. The summed E-state index contributed by atoms with van der Waals surface area (Å²) in [4.78, 5) is 13.8. The lowest BCUT2D eigenvalue weighted by Crippen LogP contribution is -2.17. The summed E-state index contributed by atoms with van der Waals surface area (Å²) in [5, 5.41) is 11.2. The summed E-state index contributed by atoms with van der Waals surface area (Å²) in [6.07, 6.45) is 5.16. The minimum atomic E-state index is -0.434. The number of thiophene rings is 1. The summed E-state index contributed by atoms with van der Waals surface area (Å²) in [6, 6.07) is 13.9. The Morgan fingerprint density at radius 2 is 1.96 bits per heavy atom. The highest BCUT2D eigenvalue weighted by molar-refractivity contribution is 7.16. The zero-order valence-electron chi connectivity index (χ0n) is 15.7. The maximum atomic E-state index is 12.7. The lowest BCUT2D eigenvalue weighted by molar-refractivity contribution is 0.405. The minimum absolute atomic E-state index is 0.0634. The van der Waals surface area contributed by atoms with Crippen molar-refractivity contribution in [3.63, 3.8) is 0 Å². The molecule has 2 unspecified atom stereocenters. The molecule has 1 fully saturated rings. The molecule has 1 saturated carbocycles. The number of halogens is 1. The van der Waals surface area contributed by atoms with Gasteiger partial charge in [-0.15, -0.1) is 11.3 Å². The van der Waals surface area contributed by atoms with Crippen LogP contribution in [-0.4, -0.2) is 5.11 Å². The van der Waals surface area contributed by atoms with E-state index in [1.807, 2.05) is 42.5 Å². The van der Waals surface area contributed by atoms with E-state index in [1.165, 1.54) is 6.26 Å². The molecule has 1 aromatic carbocycles. The molecule has 146 valence electrons. The number of hydrogen-bond acceptors (Lipinski definition) is 4. The second-order valence-electron chi connectivity index (χ2n) is 7.48. The molecule has 3 nitrogen and oxygen atoms in total. The van der Waals surface area contributed by atoms with E-state index in [9.17, 15) is 9.90 Å². The van der Waals surface area contributed by atoms with Crippen molar-refractivity contribution in [3.05, 3.63) is 85.1 Å². The normalized spacial score (nSPS) is 16.1. The molecule has 1 aliphatic carbocycles. The molecule has 2 heterocycles. The van der Waals surface area contributed by atoms with E-state index in [4.69, 9.17) is 16.0 Å². The van der Waals surface area contributed by atoms with Crippen LogP contribution in [0, 0.1) is 5.92 Å². The molecule has 0 amide bonds. The highest BCUT2D eigenvalue weighted by Gasteiger charge is 2.38. The summed E-state index contributed by atoms with van der Waals surface area (Å²) >= 11 is 7.62. The molecule has 0 spiro atoms. The number of benzene rings is 1. The van der Waals surface area contributed by atoms with E-state index in [2.05, 4.69) is 6.92 Å². The quantitative estimate of drug-likeness (QED) is 0.490. The van der Waals surface area contributed by atoms with Crippen molar-refractivity contribution in [2.75, 3.05) is 0 Å². The van der Waals surface area contributed by atoms with Crippen molar-refractivity contribution in [2.45, 2.75) is 44.4 Å². The number of aromatic hydroxyl groups is 1. The van der Waals surface area contributed by atoms with Crippen LogP contribution in [0.15, 0.2) is 57.9 Å². The van der Waals surface area contributed by atoms with Gasteiger partial charge in [0.2, 0.25) is 0 Å². The molecule has 3 aromatic rings. The van der Waals surface area contributed by atoms with E-state index < -0.39 is 5.63 Å². The van der Waals surface area contributed by atoms with Crippen molar-refractivity contribution in [1.82, 2.24) is 0 Å². The Kier molecular flexibility index (Phi) is 5.61. The number of hydrogen-bond donors (Lipinski definition) is 1. The van der Waals surface area contributed by atoms with Gasteiger partial charge < -0.3 is 9.52 Å². The predicted octanol–water partition coefficient (Wildman–Crippen LogP) is 6.34. The molecule has 4 rings (SSSR count). The minimum Gasteiger partial charge on any atom is -0.507 e. The van der Waals surface area contributed by atoms with Crippen LogP contribution in [0.3, 0.4) is 0 Å². The first-order chi connectivity index (χ1) is 13.6. The molecular weight excluding hydrogens is 392 g/mol. The first-order valence-electron chi connectivity index (χ1n) is 9.72. The van der Waals surface area contributed by atoms with Crippen LogP contribution in [-0.2, 0) is 6.42 Å². The van der Waals surface area contributed by atoms with E-state index in [1.54, 1.807) is 11.3 Å². The lowest BCUT2D eigenvalue weighted by Gasteiger charge is -2.21. The SMILES string of the molecule is CCC(Cc1ccc(Cl)s1)c1coc(=O)c(C(c2ccccc2)C2CC2)c1O. The standard InChI is InChI=1S/C23H23ClO3S/c1-2-14(12-17-10-11-19(24)28-17)18-13-27-23(26)21(22(18)25)20(16-8-9-16)15-6-4-3-5-7-15/h3-7,10-11,13-14,16,20,25H,2,8-9,12H2,1H3. The molecule has 0 aliphatic heterocycles. The van der Waals surface area contributed by atoms with E-state index in [0.29, 0.717) is 17.0 Å². The molecule has 2 atom stereocenters. The molecule has 1 aliphatic rings. The molecule has 5 heteroatoms. The Labute approximate surface area is 173 Å². The predicted molar refractivity (Wildman–Crippen MR) is 114 cm³/mol. The van der Waals surface area contributed by atoms with Gasteiger partial charge in [-0.05, 0) is 55.2 Å². The average Bonchev–Trinajstić information content (AvgIpc) is 3.45. The molecule has 2 aromatic heterocycles. The van der Waals surface area contributed by atoms with Gasteiger partial charge in [-0.25, -0.2) is 4.79 Å². The van der Waals surface area contributed by atoms with Gasteiger partial charge in [-0.1, -0.05) is 48.9 Å². The van der Waals surface area contributed by atoms with Crippen LogP contribution in [0.2, 0.25) is 4.34 Å². The van der Waals surface area contributed by atoms with Crippen LogP contribution in [0.25, 0.3) is 0 Å². The van der Waals surface area contributed by atoms with Crippen LogP contribution < -0.4 is 5.63 Å². The maximum Gasteiger partial charge on any atom is 0.343 e.